The summed E-state index contributed by atoms with van der Waals surface area (Å²) in [5.41, 5.74) is -1.66. The standard InChI is InChI=1S/C22H23F3N4O4S/c1-14-18(6-7-27-8-10-28(11-9-27)34(32,33)17-4-5-17)21(31)29(20(14)30)16-3-2-15(13-26)19(12-16)22(23,24)25/h2-3,12,17H,4-11H2,1H3. The molecule has 0 atom stereocenters. The van der Waals surface area contributed by atoms with Crippen molar-refractivity contribution in [3.63, 3.8) is 0 Å². The van der Waals surface area contributed by atoms with Crippen LogP contribution in [0.1, 0.15) is 37.3 Å². The molecule has 2 aliphatic heterocycles. The first-order valence-electron chi connectivity index (χ1n) is 10.9. The Hall–Kier alpha value is -2.75. The minimum atomic E-state index is -4.81. The van der Waals surface area contributed by atoms with E-state index < -0.39 is 39.1 Å². The van der Waals surface area contributed by atoms with Crippen LogP contribution < -0.4 is 4.90 Å². The summed E-state index contributed by atoms with van der Waals surface area (Å²) in [5, 5.41) is 8.70. The van der Waals surface area contributed by atoms with Gasteiger partial charge in [-0.05, 0) is 44.4 Å². The Morgan fingerprint density at radius 3 is 2.29 bits per heavy atom. The predicted octanol–water partition coefficient (Wildman–Crippen LogP) is 2.27. The van der Waals surface area contributed by atoms with Crippen molar-refractivity contribution in [1.82, 2.24) is 9.21 Å². The van der Waals surface area contributed by atoms with Crippen molar-refractivity contribution < 1.29 is 31.2 Å². The summed E-state index contributed by atoms with van der Waals surface area (Å²) in [7, 11) is -3.23. The van der Waals surface area contributed by atoms with Gasteiger partial charge in [-0.2, -0.15) is 22.7 Å². The molecule has 3 aliphatic rings. The molecule has 1 aromatic carbocycles. The van der Waals surface area contributed by atoms with E-state index in [2.05, 4.69) is 0 Å². The lowest BCUT2D eigenvalue weighted by Gasteiger charge is -2.34. The van der Waals surface area contributed by atoms with Gasteiger partial charge in [-0.1, -0.05) is 0 Å². The first kappa shape index (κ1) is 24.4. The smallest absolute Gasteiger partial charge is 0.300 e. The molecule has 1 aromatic rings. The van der Waals surface area contributed by atoms with Gasteiger partial charge >= 0.3 is 6.18 Å². The van der Waals surface area contributed by atoms with Crippen molar-refractivity contribution in [1.29, 1.82) is 5.26 Å². The highest BCUT2D eigenvalue weighted by molar-refractivity contribution is 7.90. The van der Waals surface area contributed by atoms with E-state index in [1.165, 1.54) is 17.3 Å². The molecule has 1 saturated carbocycles. The lowest BCUT2D eigenvalue weighted by atomic mass is 10.1. The maximum atomic E-state index is 13.3. The van der Waals surface area contributed by atoms with E-state index in [9.17, 15) is 31.2 Å². The van der Waals surface area contributed by atoms with Crippen molar-refractivity contribution in [2.45, 2.75) is 37.6 Å². The largest absolute Gasteiger partial charge is 0.417 e. The second-order valence-electron chi connectivity index (χ2n) is 8.62. The van der Waals surface area contributed by atoms with Crippen LogP contribution in [0.5, 0.6) is 0 Å². The number of carbonyl (C=O) groups is 2. The van der Waals surface area contributed by atoms with E-state index in [-0.39, 0.29) is 28.5 Å². The summed E-state index contributed by atoms with van der Waals surface area (Å²) in [5.74, 6) is -1.38. The van der Waals surface area contributed by atoms with E-state index in [1.54, 1.807) is 0 Å². The van der Waals surface area contributed by atoms with E-state index in [0.29, 0.717) is 56.5 Å². The number of benzene rings is 1. The van der Waals surface area contributed by atoms with Crippen LogP contribution in [0, 0.1) is 11.3 Å². The molecule has 8 nitrogen and oxygen atoms in total. The Labute approximate surface area is 195 Å². The molecule has 12 heteroatoms. The number of imide groups is 1. The number of alkyl halides is 3. The molecule has 1 saturated heterocycles. The van der Waals surface area contributed by atoms with Crippen molar-refractivity contribution in [3.8, 4) is 6.07 Å². The quantitative estimate of drug-likeness (QED) is 0.560. The molecule has 182 valence electrons. The Morgan fingerprint density at radius 2 is 1.74 bits per heavy atom. The molecule has 4 rings (SSSR count). The zero-order valence-corrected chi connectivity index (χ0v) is 19.2. The molecule has 0 N–H and O–H groups in total. The molecule has 1 aliphatic carbocycles. The van der Waals surface area contributed by atoms with Gasteiger partial charge < -0.3 is 4.90 Å². The second-order valence-corrected chi connectivity index (χ2v) is 10.8. The van der Waals surface area contributed by atoms with Gasteiger partial charge in [0.05, 0.1) is 28.1 Å². The van der Waals surface area contributed by atoms with Crippen LogP contribution >= 0.6 is 0 Å². The highest BCUT2D eigenvalue weighted by Crippen LogP contribution is 2.37. The summed E-state index contributed by atoms with van der Waals surface area (Å²) in [6, 6.07) is 4.21. The third-order valence-electron chi connectivity index (χ3n) is 6.44. The number of amides is 2. The molecule has 0 bridgehead atoms. The SMILES string of the molecule is CC1=C(CCN2CCN(S(=O)(=O)C3CC3)CC2)C(=O)N(c2ccc(C#N)c(C(F)(F)F)c2)C1=O. The number of nitrogens with zero attached hydrogens (tertiary/aromatic N) is 4. The van der Waals surface area contributed by atoms with Gasteiger partial charge in [-0.15, -0.1) is 0 Å². The number of rotatable bonds is 6. The van der Waals surface area contributed by atoms with Gasteiger partial charge in [0.2, 0.25) is 10.0 Å². The van der Waals surface area contributed by atoms with Gasteiger partial charge in [-0.3, -0.25) is 9.59 Å². The summed E-state index contributed by atoms with van der Waals surface area (Å²) in [6.07, 6.45) is -3.20. The van der Waals surface area contributed by atoms with Crippen LogP contribution in [0.2, 0.25) is 0 Å². The van der Waals surface area contributed by atoms with Crippen molar-refractivity contribution in [2.24, 2.45) is 0 Å². The Bertz CT molecular complexity index is 1210. The number of piperazine rings is 1. The van der Waals surface area contributed by atoms with Crippen LogP contribution in [0.15, 0.2) is 29.3 Å². The predicted molar refractivity (Wildman–Crippen MR) is 116 cm³/mol. The minimum absolute atomic E-state index is 0.165. The Balaban J connectivity index is 1.43. The van der Waals surface area contributed by atoms with E-state index in [1.807, 2.05) is 4.90 Å². The number of sulfonamides is 1. The highest BCUT2D eigenvalue weighted by atomic mass is 32.2. The van der Waals surface area contributed by atoms with Crippen LogP contribution in [-0.2, 0) is 25.8 Å². The molecule has 2 amide bonds. The molecule has 0 radical (unpaired) electrons. The van der Waals surface area contributed by atoms with E-state index in [4.69, 9.17) is 5.26 Å². The van der Waals surface area contributed by atoms with Crippen molar-refractivity contribution in [2.75, 3.05) is 37.6 Å². The average molecular weight is 497 g/mol. The lowest BCUT2D eigenvalue weighted by Crippen LogP contribution is -2.49. The van der Waals surface area contributed by atoms with Gasteiger partial charge in [0.1, 0.15) is 0 Å². The molecule has 34 heavy (non-hydrogen) atoms. The Kier molecular flexibility index (Phi) is 6.30. The third kappa shape index (κ3) is 4.47. The van der Waals surface area contributed by atoms with Gasteiger partial charge in [0, 0.05) is 43.9 Å². The minimum Gasteiger partial charge on any atom is -0.300 e. The van der Waals surface area contributed by atoms with Crippen LogP contribution in [0.4, 0.5) is 18.9 Å². The summed E-state index contributed by atoms with van der Waals surface area (Å²) >= 11 is 0. The molecular formula is C22H23F3N4O4S. The number of hydrogen-bond acceptors (Lipinski definition) is 6. The fourth-order valence-electron chi connectivity index (χ4n) is 4.27. The highest BCUT2D eigenvalue weighted by Gasteiger charge is 2.42. The maximum absolute atomic E-state index is 13.3. The zero-order chi connectivity index (χ0) is 24.8. The summed E-state index contributed by atoms with van der Waals surface area (Å²) < 4.78 is 66.2. The molecule has 2 heterocycles. The summed E-state index contributed by atoms with van der Waals surface area (Å²) in [4.78, 5) is 28.4. The van der Waals surface area contributed by atoms with Crippen molar-refractivity contribution in [3.05, 3.63) is 40.5 Å². The third-order valence-corrected chi connectivity index (χ3v) is 8.84. The van der Waals surface area contributed by atoms with Crippen LogP contribution in [0.25, 0.3) is 0 Å². The normalized spacial score (nSPS) is 20.9. The fourth-order valence-corrected chi connectivity index (χ4v) is 6.10. The lowest BCUT2D eigenvalue weighted by molar-refractivity contribution is -0.138. The molecule has 0 aromatic heterocycles. The van der Waals surface area contributed by atoms with Gasteiger partial charge in [0.25, 0.3) is 11.8 Å². The average Bonchev–Trinajstić information content (AvgIpc) is 3.62. The molecule has 2 fully saturated rings. The fraction of sp³-hybridized carbons (Fsp3) is 0.500. The molecule has 0 unspecified atom stereocenters. The van der Waals surface area contributed by atoms with Crippen LogP contribution in [0.3, 0.4) is 0 Å². The topological polar surface area (TPSA) is 102 Å². The number of anilines is 1. The van der Waals surface area contributed by atoms with Crippen molar-refractivity contribution >= 4 is 27.5 Å². The number of hydrogen-bond donors (Lipinski definition) is 0. The second kappa shape index (κ2) is 8.79. The number of carbonyl (C=O) groups excluding carboxylic acids is 2. The van der Waals surface area contributed by atoms with E-state index >= 15 is 0 Å². The monoisotopic (exact) mass is 496 g/mol. The maximum Gasteiger partial charge on any atom is 0.417 e. The first-order chi connectivity index (χ1) is 15.9. The van der Waals surface area contributed by atoms with Gasteiger partial charge in [-0.25, -0.2) is 13.3 Å². The number of halogens is 3. The summed E-state index contributed by atoms with van der Waals surface area (Å²) in [6.45, 7) is 3.59. The molecule has 0 spiro atoms. The first-order valence-corrected chi connectivity index (χ1v) is 12.4. The Morgan fingerprint density at radius 1 is 1.09 bits per heavy atom. The number of nitriles is 1. The van der Waals surface area contributed by atoms with E-state index in [0.717, 1.165) is 12.1 Å². The van der Waals surface area contributed by atoms with Crippen LogP contribution in [-0.4, -0.2) is 67.4 Å². The van der Waals surface area contributed by atoms with Gasteiger partial charge in [0.15, 0.2) is 0 Å². The molecular weight excluding hydrogens is 473 g/mol. The zero-order valence-electron chi connectivity index (χ0n) is 18.4.